The van der Waals surface area contributed by atoms with Gasteiger partial charge in [0.2, 0.25) is 17.3 Å². The first-order valence-corrected chi connectivity index (χ1v) is 11.9. The molecule has 1 unspecified atom stereocenters. The highest BCUT2D eigenvalue weighted by Gasteiger charge is 2.29. The van der Waals surface area contributed by atoms with Crippen LogP contribution in [0.1, 0.15) is 25.1 Å². The van der Waals surface area contributed by atoms with E-state index in [2.05, 4.69) is 47.2 Å². The molecule has 0 radical (unpaired) electrons. The van der Waals surface area contributed by atoms with E-state index in [-0.39, 0.29) is 0 Å². The molecule has 3 aromatic carbocycles. The van der Waals surface area contributed by atoms with Gasteiger partial charge < -0.3 is 14.8 Å². The van der Waals surface area contributed by atoms with Gasteiger partial charge in [-0.25, -0.2) is 0 Å². The minimum Gasteiger partial charge on any atom is -0.493 e. The third kappa shape index (κ3) is 4.24. The first-order valence-electron chi connectivity index (χ1n) is 10.9. The van der Waals surface area contributed by atoms with Gasteiger partial charge in [0, 0.05) is 17.0 Å². The number of benzene rings is 3. The smallest absolute Gasteiger partial charge is 0.247 e. The second-order valence-corrected chi connectivity index (χ2v) is 8.57. The van der Waals surface area contributed by atoms with Gasteiger partial charge >= 0.3 is 0 Å². The lowest BCUT2D eigenvalue weighted by atomic mass is 10.0. The second kappa shape index (κ2) is 9.50. The highest BCUT2D eigenvalue weighted by molar-refractivity contribution is 7.99. The first-order chi connectivity index (χ1) is 16.3. The molecule has 2 heterocycles. The van der Waals surface area contributed by atoms with Crippen LogP contribution in [0.15, 0.2) is 78.5 Å². The van der Waals surface area contributed by atoms with Crippen molar-refractivity contribution < 1.29 is 9.47 Å². The van der Waals surface area contributed by atoms with Crippen LogP contribution in [-0.2, 0) is 0 Å². The van der Waals surface area contributed by atoms with E-state index >= 15 is 0 Å². The molecule has 0 bridgehead atoms. The molecule has 4 aromatic rings. The van der Waals surface area contributed by atoms with Crippen molar-refractivity contribution in [2.75, 3.05) is 17.7 Å². The minimum absolute atomic E-state index is 0.438. The van der Waals surface area contributed by atoms with Crippen LogP contribution >= 0.6 is 11.8 Å². The third-order valence-electron chi connectivity index (χ3n) is 5.32. The van der Waals surface area contributed by atoms with Gasteiger partial charge in [-0.3, -0.25) is 0 Å². The van der Waals surface area contributed by atoms with Gasteiger partial charge in [0.25, 0.3) is 0 Å². The summed E-state index contributed by atoms with van der Waals surface area (Å²) in [7, 11) is 0. The fraction of sp³-hybridized carbons (Fsp3) is 0.192. The number of hydrogen-bond acceptors (Lipinski definition) is 7. The van der Waals surface area contributed by atoms with Crippen molar-refractivity contribution >= 4 is 28.2 Å². The molecule has 0 fully saturated rings. The average Bonchev–Trinajstić information content (AvgIpc) is 3.02. The predicted molar refractivity (Wildman–Crippen MR) is 133 cm³/mol. The third-order valence-corrected chi connectivity index (χ3v) is 6.15. The van der Waals surface area contributed by atoms with Gasteiger partial charge in [-0.15, -0.1) is 16.8 Å². The zero-order valence-corrected chi connectivity index (χ0v) is 19.1. The van der Waals surface area contributed by atoms with Crippen LogP contribution in [-0.4, -0.2) is 27.5 Å². The summed E-state index contributed by atoms with van der Waals surface area (Å²) < 4.78 is 12.7. The number of aromatic nitrogens is 3. The maximum atomic E-state index is 6.53. The zero-order valence-electron chi connectivity index (χ0n) is 18.3. The van der Waals surface area contributed by atoms with E-state index in [0.29, 0.717) is 29.1 Å². The molecule has 33 heavy (non-hydrogen) atoms. The summed E-state index contributed by atoms with van der Waals surface area (Å²) in [5, 5.41) is 15.1. The fourth-order valence-electron chi connectivity index (χ4n) is 3.86. The molecule has 0 aliphatic carbocycles. The molecule has 0 amide bonds. The molecule has 7 heteroatoms. The van der Waals surface area contributed by atoms with Gasteiger partial charge in [0.15, 0.2) is 5.69 Å². The number of hydrogen-bond donors (Lipinski definition) is 1. The number of para-hydroxylation sites is 1. The van der Waals surface area contributed by atoms with Crippen molar-refractivity contribution in [3.8, 4) is 22.9 Å². The molecule has 1 atom stereocenters. The highest BCUT2D eigenvalue weighted by Crippen LogP contribution is 2.43. The Labute approximate surface area is 197 Å². The molecule has 6 nitrogen and oxygen atoms in total. The van der Waals surface area contributed by atoms with Crippen molar-refractivity contribution in [3.63, 3.8) is 0 Å². The van der Waals surface area contributed by atoms with E-state index in [1.165, 1.54) is 11.8 Å². The summed E-state index contributed by atoms with van der Waals surface area (Å²) in [6, 6.07) is 20.3. The Morgan fingerprint density at radius 2 is 1.94 bits per heavy atom. The lowest BCUT2D eigenvalue weighted by Crippen LogP contribution is -2.19. The number of nitrogens with zero attached hydrogens (tertiary/aromatic N) is 3. The van der Waals surface area contributed by atoms with Crippen molar-refractivity contribution in [1.82, 2.24) is 15.2 Å². The number of nitrogens with one attached hydrogen (secondary N) is 1. The van der Waals surface area contributed by atoms with Gasteiger partial charge in [-0.2, -0.15) is 4.98 Å². The van der Waals surface area contributed by atoms with Crippen LogP contribution in [0.25, 0.3) is 22.0 Å². The molecule has 1 aromatic heterocycles. The molecular formula is C26H24N4O2S. The number of ether oxygens (including phenoxy) is 2. The SMILES string of the molecule is C=CCSc1nnc2c(n1)OC(c1c(OCCC)ccc3ccccc13)Nc1ccccc1-2. The largest absolute Gasteiger partial charge is 0.493 e. The van der Waals surface area contributed by atoms with Gasteiger partial charge in [0.1, 0.15) is 5.75 Å². The topological polar surface area (TPSA) is 69.2 Å². The Kier molecular flexibility index (Phi) is 6.13. The molecule has 166 valence electrons. The lowest BCUT2D eigenvalue weighted by molar-refractivity contribution is 0.217. The monoisotopic (exact) mass is 456 g/mol. The summed E-state index contributed by atoms with van der Waals surface area (Å²) in [5.41, 5.74) is 3.34. The summed E-state index contributed by atoms with van der Waals surface area (Å²) in [5.74, 6) is 1.92. The van der Waals surface area contributed by atoms with Gasteiger partial charge in [0.05, 0.1) is 12.2 Å². The Morgan fingerprint density at radius 1 is 1.09 bits per heavy atom. The van der Waals surface area contributed by atoms with Crippen molar-refractivity contribution in [2.24, 2.45) is 0 Å². The van der Waals surface area contributed by atoms with E-state index in [1.807, 2.05) is 48.5 Å². The van der Waals surface area contributed by atoms with Crippen molar-refractivity contribution in [1.29, 1.82) is 0 Å². The average molecular weight is 457 g/mol. The van der Waals surface area contributed by atoms with Gasteiger partial charge in [-0.05, 0) is 29.3 Å². The number of fused-ring (bicyclic) bond motifs is 4. The highest BCUT2D eigenvalue weighted by atomic mass is 32.2. The van der Waals surface area contributed by atoms with Crippen LogP contribution in [0.2, 0.25) is 0 Å². The fourth-order valence-corrected chi connectivity index (χ4v) is 4.37. The quantitative estimate of drug-likeness (QED) is 0.260. The van der Waals surface area contributed by atoms with Crippen LogP contribution in [0.3, 0.4) is 0 Å². The molecule has 5 rings (SSSR count). The molecule has 0 spiro atoms. The van der Waals surface area contributed by atoms with E-state index in [9.17, 15) is 0 Å². The summed E-state index contributed by atoms with van der Waals surface area (Å²) in [4.78, 5) is 4.70. The molecule has 0 saturated carbocycles. The summed E-state index contributed by atoms with van der Waals surface area (Å²) in [6.45, 7) is 6.49. The molecule has 0 saturated heterocycles. The van der Waals surface area contributed by atoms with E-state index < -0.39 is 6.23 Å². The number of rotatable bonds is 7. The summed E-state index contributed by atoms with van der Waals surface area (Å²) >= 11 is 1.47. The second-order valence-electron chi connectivity index (χ2n) is 7.58. The molecule has 1 aliphatic rings. The maximum absolute atomic E-state index is 6.53. The van der Waals surface area contributed by atoms with Crippen molar-refractivity contribution in [2.45, 2.75) is 24.7 Å². The standard InChI is InChI=1S/C26H24N4O2S/c1-3-15-31-21-14-13-17-9-5-6-10-18(17)22(21)24-27-20-12-8-7-11-19(20)23-25(32-24)28-26(30-29-23)33-16-4-2/h4-14,24,27H,2-3,15-16H2,1H3. The number of thioether (sulfide) groups is 1. The zero-order chi connectivity index (χ0) is 22.6. The van der Waals surface area contributed by atoms with E-state index in [0.717, 1.165) is 39.8 Å². The molecule has 1 aliphatic heterocycles. The Hall–Kier alpha value is -3.58. The Morgan fingerprint density at radius 3 is 2.82 bits per heavy atom. The van der Waals surface area contributed by atoms with Crippen LogP contribution in [0, 0.1) is 0 Å². The van der Waals surface area contributed by atoms with E-state index in [4.69, 9.17) is 14.5 Å². The first kappa shape index (κ1) is 21.3. The normalized spacial score (nSPS) is 14.4. The van der Waals surface area contributed by atoms with Crippen LogP contribution < -0.4 is 14.8 Å². The number of anilines is 1. The molecule has 1 N–H and O–H groups in total. The van der Waals surface area contributed by atoms with E-state index in [1.54, 1.807) is 0 Å². The Bertz CT molecular complexity index is 1310. The summed E-state index contributed by atoms with van der Waals surface area (Å²) in [6.07, 6.45) is 2.20. The van der Waals surface area contributed by atoms with Crippen molar-refractivity contribution in [3.05, 3.63) is 78.9 Å². The Balaban J connectivity index is 1.67. The van der Waals surface area contributed by atoms with Crippen LogP contribution in [0.5, 0.6) is 11.6 Å². The van der Waals surface area contributed by atoms with Crippen LogP contribution in [0.4, 0.5) is 5.69 Å². The predicted octanol–water partition coefficient (Wildman–Crippen LogP) is 6.26. The minimum atomic E-state index is -0.528. The molecular weight excluding hydrogens is 432 g/mol. The lowest BCUT2D eigenvalue weighted by Gasteiger charge is -2.23. The maximum Gasteiger partial charge on any atom is 0.247 e. The van der Waals surface area contributed by atoms with Gasteiger partial charge in [-0.1, -0.05) is 73.3 Å².